The molecule has 0 bridgehead atoms. The summed E-state index contributed by atoms with van der Waals surface area (Å²) in [5.74, 6) is 0.0481. The number of amides is 1. The Hall–Kier alpha value is -2.20. The van der Waals surface area contributed by atoms with Gasteiger partial charge in [-0.05, 0) is 56.0 Å². The smallest absolute Gasteiger partial charge is 0.260 e. The van der Waals surface area contributed by atoms with E-state index in [0.717, 1.165) is 17.7 Å². The van der Waals surface area contributed by atoms with Crippen molar-refractivity contribution in [3.05, 3.63) is 18.2 Å². The van der Waals surface area contributed by atoms with Crippen LogP contribution in [0.1, 0.15) is 33.6 Å². The van der Waals surface area contributed by atoms with Crippen molar-refractivity contribution in [1.29, 1.82) is 0 Å². The molecule has 1 aromatic carbocycles. The fourth-order valence-electron chi connectivity index (χ4n) is 3.13. The van der Waals surface area contributed by atoms with Gasteiger partial charge in [0, 0.05) is 19.1 Å². The molecule has 3 rings (SSSR count). The molecule has 1 amide bonds. The summed E-state index contributed by atoms with van der Waals surface area (Å²) in [7, 11) is -3.60. The normalized spacial score (nSPS) is 18.7. The van der Waals surface area contributed by atoms with Crippen LogP contribution in [0.4, 0.5) is 0 Å². The molecule has 1 aliphatic heterocycles. The zero-order valence-electron chi connectivity index (χ0n) is 15.8. The SMILES string of the molecule is CC1CCCN(S(=O)(=O)c2ccc3nnn(OCC(=O)NC(C)C)c3c2)C1. The lowest BCUT2D eigenvalue weighted by Gasteiger charge is -2.30. The average molecular weight is 395 g/mol. The molecule has 148 valence electrons. The van der Waals surface area contributed by atoms with E-state index < -0.39 is 10.0 Å². The summed E-state index contributed by atoms with van der Waals surface area (Å²) >= 11 is 0. The van der Waals surface area contributed by atoms with E-state index in [2.05, 4.69) is 22.6 Å². The van der Waals surface area contributed by atoms with E-state index in [4.69, 9.17) is 4.84 Å². The molecule has 1 fully saturated rings. The molecule has 0 radical (unpaired) electrons. The van der Waals surface area contributed by atoms with Crippen LogP contribution in [0.2, 0.25) is 0 Å². The number of sulfonamides is 1. The van der Waals surface area contributed by atoms with Gasteiger partial charge in [0.2, 0.25) is 10.0 Å². The minimum Gasteiger partial charge on any atom is -0.385 e. The van der Waals surface area contributed by atoms with Crippen LogP contribution in [-0.2, 0) is 14.8 Å². The molecule has 1 aliphatic rings. The van der Waals surface area contributed by atoms with Crippen molar-refractivity contribution in [2.24, 2.45) is 5.92 Å². The third-order valence-electron chi connectivity index (χ3n) is 4.41. The number of hydrogen-bond acceptors (Lipinski definition) is 6. The molecule has 10 heteroatoms. The third-order valence-corrected chi connectivity index (χ3v) is 6.27. The summed E-state index contributed by atoms with van der Waals surface area (Å²) in [5, 5.41) is 10.5. The summed E-state index contributed by atoms with van der Waals surface area (Å²) in [6, 6.07) is 4.61. The van der Waals surface area contributed by atoms with Crippen molar-refractivity contribution in [1.82, 2.24) is 24.8 Å². The van der Waals surface area contributed by atoms with E-state index in [0.29, 0.717) is 30.0 Å². The molecule has 1 unspecified atom stereocenters. The molecule has 1 aromatic heterocycles. The van der Waals surface area contributed by atoms with E-state index in [-0.39, 0.29) is 23.5 Å². The second-order valence-corrected chi connectivity index (χ2v) is 9.16. The zero-order chi connectivity index (χ0) is 19.6. The maximum Gasteiger partial charge on any atom is 0.260 e. The zero-order valence-corrected chi connectivity index (χ0v) is 16.6. The number of hydrogen-bond donors (Lipinski definition) is 1. The lowest BCUT2D eigenvalue weighted by Crippen LogP contribution is -2.39. The largest absolute Gasteiger partial charge is 0.385 e. The van der Waals surface area contributed by atoms with Crippen LogP contribution in [0.25, 0.3) is 11.0 Å². The summed E-state index contributed by atoms with van der Waals surface area (Å²) in [4.78, 5) is 18.4. The first-order valence-corrected chi connectivity index (χ1v) is 10.5. The molecule has 9 nitrogen and oxygen atoms in total. The molecule has 2 heterocycles. The van der Waals surface area contributed by atoms with Crippen LogP contribution in [0.15, 0.2) is 23.1 Å². The molecule has 0 spiro atoms. The predicted octanol–water partition coefficient (Wildman–Crippen LogP) is 0.805. The fourth-order valence-corrected chi connectivity index (χ4v) is 4.75. The first-order valence-electron chi connectivity index (χ1n) is 9.05. The fraction of sp³-hybridized carbons (Fsp3) is 0.588. The number of nitrogens with one attached hydrogen (secondary N) is 1. The van der Waals surface area contributed by atoms with E-state index in [1.807, 2.05) is 13.8 Å². The Morgan fingerprint density at radius 3 is 2.89 bits per heavy atom. The highest BCUT2D eigenvalue weighted by Gasteiger charge is 2.29. The summed E-state index contributed by atoms with van der Waals surface area (Å²) in [6.07, 6.45) is 1.89. The predicted molar refractivity (Wildman–Crippen MR) is 99.4 cm³/mol. The Morgan fingerprint density at radius 1 is 1.41 bits per heavy atom. The number of carbonyl (C=O) groups excluding carboxylic acids is 1. The Morgan fingerprint density at radius 2 is 2.19 bits per heavy atom. The lowest BCUT2D eigenvalue weighted by atomic mass is 10.0. The van der Waals surface area contributed by atoms with Gasteiger partial charge in [-0.25, -0.2) is 8.42 Å². The minimum atomic E-state index is -3.60. The van der Waals surface area contributed by atoms with Gasteiger partial charge in [0.1, 0.15) is 11.0 Å². The van der Waals surface area contributed by atoms with Crippen LogP contribution in [-0.4, -0.2) is 59.5 Å². The number of piperidine rings is 1. The van der Waals surface area contributed by atoms with Gasteiger partial charge in [-0.3, -0.25) is 4.79 Å². The topological polar surface area (TPSA) is 106 Å². The monoisotopic (exact) mass is 395 g/mol. The van der Waals surface area contributed by atoms with E-state index in [1.54, 1.807) is 6.07 Å². The number of carbonyl (C=O) groups is 1. The van der Waals surface area contributed by atoms with Crippen molar-refractivity contribution in [2.45, 2.75) is 44.6 Å². The average Bonchev–Trinajstić information content (AvgIpc) is 3.01. The molecule has 27 heavy (non-hydrogen) atoms. The van der Waals surface area contributed by atoms with Crippen molar-refractivity contribution in [2.75, 3.05) is 19.7 Å². The molecule has 1 atom stereocenters. The lowest BCUT2D eigenvalue weighted by molar-refractivity contribution is -0.126. The summed E-state index contributed by atoms with van der Waals surface area (Å²) < 4.78 is 27.5. The van der Waals surface area contributed by atoms with Crippen LogP contribution >= 0.6 is 0 Å². The second kappa shape index (κ2) is 7.81. The number of aromatic nitrogens is 3. The van der Waals surface area contributed by atoms with Crippen LogP contribution in [0.5, 0.6) is 0 Å². The van der Waals surface area contributed by atoms with Gasteiger partial charge >= 0.3 is 0 Å². The Kier molecular flexibility index (Phi) is 5.66. The highest BCUT2D eigenvalue weighted by Crippen LogP contribution is 2.25. The van der Waals surface area contributed by atoms with E-state index in [9.17, 15) is 13.2 Å². The van der Waals surface area contributed by atoms with Gasteiger partial charge < -0.3 is 10.2 Å². The molecule has 1 N–H and O–H groups in total. The van der Waals surface area contributed by atoms with Crippen molar-refractivity contribution < 1.29 is 18.0 Å². The first-order chi connectivity index (χ1) is 12.8. The third kappa shape index (κ3) is 4.38. The Labute approximate surface area is 158 Å². The number of rotatable bonds is 6. The van der Waals surface area contributed by atoms with E-state index in [1.165, 1.54) is 16.4 Å². The van der Waals surface area contributed by atoms with Gasteiger partial charge in [0.15, 0.2) is 6.61 Å². The van der Waals surface area contributed by atoms with Crippen molar-refractivity contribution >= 4 is 27.0 Å². The van der Waals surface area contributed by atoms with Gasteiger partial charge in [0.25, 0.3) is 5.91 Å². The molecule has 0 aliphatic carbocycles. The van der Waals surface area contributed by atoms with Crippen molar-refractivity contribution in [3.8, 4) is 0 Å². The summed E-state index contributed by atoms with van der Waals surface area (Å²) in [6.45, 7) is 6.55. The highest BCUT2D eigenvalue weighted by atomic mass is 32.2. The second-order valence-electron chi connectivity index (χ2n) is 7.22. The minimum absolute atomic E-state index is 0.00253. The maximum atomic E-state index is 13.0. The van der Waals surface area contributed by atoms with E-state index >= 15 is 0 Å². The Balaban J connectivity index is 1.83. The van der Waals surface area contributed by atoms with Gasteiger partial charge in [-0.1, -0.05) is 11.8 Å². The molecule has 1 saturated heterocycles. The van der Waals surface area contributed by atoms with Crippen LogP contribution < -0.4 is 10.2 Å². The quantitative estimate of drug-likeness (QED) is 0.776. The first kappa shape index (κ1) is 19.6. The van der Waals surface area contributed by atoms with Gasteiger partial charge in [0.05, 0.1) is 4.90 Å². The summed E-state index contributed by atoms with van der Waals surface area (Å²) in [5.41, 5.74) is 0.892. The molecular formula is C17H25N5O4S. The standard InChI is InChI=1S/C17H25N5O4S/c1-12(2)18-17(23)11-26-22-16-9-14(6-7-15(16)19-20-22)27(24,25)21-8-4-5-13(3)10-21/h6-7,9,12-13H,4-5,8,10-11H2,1-3H3,(H,18,23). The van der Waals surface area contributed by atoms with Crippen LogP contribution in [0.3, 0.4) is 0 Å². The molecule has 2 aromatic rings. The maximum absolute atomic E-state index is 13.0. The number of fused-ring (bicyclic) bond motifs is 1. The van der Waals surface area contributed by atoms with Gasteiger partial charge in [-0.2, -0.15) is 4.31 Å². The Bertz CT molecular complexity index is 925. The van der Waals surface area contributed by atoms with Crippen molar-refractivity contribution in [3.63, 3.8) is 0 Å². The number of benzene rings is 1. The molecular weight excluding hydrogens is 370 g/mol. The highest BCUT2D eigenvalue weighted by molar-refractivity contribution is 7.89. The molecule has 0 saturated carbocycles. The van der Waals surface area contributed by atoms with Gasteiger partial charge in [-0.15, -0.1) is 5.10 Å². The van der Waals surface area contributed by atoms with Crippen LogP contribution in [0, 0.1) is 5.92 Å². The number of nitrogens with zero attached hydrogens (tertiary/aromatic N) is 4.